The van der Waals surface area contributed by atoms with Crippen LogP contribution in [0.4, 0.5) is 0 Å². The first kappa shape index (κ1) is 15.6. The van der Waals surface area contributed by atoms with Gasteiger partial charge in [0.1, 0.15) is 0 Å². The second kappa shape index (κ2) is 8.74. The average Bonchev–Trinajstić information content (AvgIpc) is 3.27. The summed E-state index contributed by atoms with van der Waals surface area (Å²) in [7, 11) is 0. The summed E-state index contributed by atoms with van der Waals surface area (Å²) < 4.78 is 0. The molecule has 1 heteroatoms. The normalized spacial score (nSPS) is 12.5. The molecule has 0 saturated heterocycles. The van der Waals surface area contributed by atoms with E-state index in [-0.39, 0.29) is 0 Å². The molecule has 0 spiro atoms. The van der Waals surface area contributed by atoms with E-state index in [0.29, 0.717) is 5.92 Å². The van der Waals surface area contributed by atoms with Crippen molar-refractivity contribution in [3.8, 4) is 0 Å². The Balaban J connectivity index is 0.000000581. The molecule has 1 aromatic rings. The van der Waals surface area contributed by atoms with Crippen molar-refractivity contribution in [3.05, 3.63) is 42.2 Å². The third-order valence-electron chi connectivity index (χ3n) is 2.39. The number of hydrogen-bond acceptors (Lipinski definition) is 1. The van der Waals surface area contributed by atoms with Gasteiger partial charge in [-0.2, -0.15) is 0 Å². The molecule has 1 saturated carbocycles. The quantitative estimate of drug-likeness (QED) is 0.688. The summed E-state index contributed by atoms with van der Waals surface area (Å²) in [5, 5.41) is 0. The van der Waals surface area contributed by atoms with Crippen molar-refractivity contribution in [2.75, 3.05) is 0 Å². The maximum absolute atomic E-state index is 4.53. The van der Waals surface area contributed by atoms with Gasteiger partial charge in [0, 0.05) is 11.6 Å². The third kappa shape index (κ3) is 4.56. The topological polar surface area (TPSA) is 12.9 Å². The van der Waals surface area contributed by atoms with Crippen molar-refractivity contribution in [3.63, 3.8) is 0 Å². The molecule has 0 unspecified atom stereocenters. The number of rotatable bonds is 3. The number of aromatic nitrogens is 1. The van der Waals surface area contributed by atoms with Gasteiger partial charge >= 0.3 is 0 Å². The minimum Gasteiger partial charge on any atom is -0.253 e. The van der Waals surface area contributed by atoms with Gasteiger partial charge < -0.3 is 0 Å². The van der Waals surface area contributed by atoms with Gasteiger partial charge in [-0.1, -0.05) is 53.0 Å². The summed E-state index contributed by atoms with van der Waals surface area (Å²) in [5.74, 6) is 0.706. The van der Waals surface area contributed by atoms with E-state index in [1.54, 1.807) is 6.08 Å². The van der Waals surface area contributed by atoms with Crippen molar-refractivity contribution in [1.82, 2.24) is 4.98 Å². The van der Waals surface area contributed by atoms with E-state index >= 15 is 0 Å². The van der Waals surface area contributed by atoms with Gasteiger partial charge in [-0.3, -0.25) is 4.98 Å². The van der Waals surface area contributed by atoms with Gasteiger partial charge in [-0.25, -0.2) is 0 Å². The lowest BCUT2D eigenvalue weighted by atomic mass is 10.1. The molecule has 0 bridgehead atoms. The van der Waals surface area contributed by atoms with Gasteiger partial charge in [0.15, 0.2) is 0 Å². The molecule has 1 aromatic heterocycles. The lowest BCUT2D eigenvalue weighted by Gasteiger charge is -2.02. The molecule has 94 valence electrons. The highest BCUT2D eigenvalue weighted by Crippen LogP contribution is 2.39. The van der Waals surface area contributed by atoms with E-state index in [9.17, 15) is 0 Å². The Morgan fingerprint density at radius 1 is 1.06 bits per heavy atom. The molecule has 1 fully saturated rings. The van der Waals surface area contributed by atoms with E-state index in [1.165, 1.54) is 18.5 Å². The predicted octanol–water partition coefficient (Wildman–Crippen LogP) is 5.30. The number of hydrogen-bond donors (Lipinski definition) is 0. The Kier molecular flexibility index (Phi) is 8.04. The minimum atomic E-state index is 0.706. The van der Waals surface area contributed by atoms with Crippen molar-refractivity contribution in [2.24, 2.45) is 0 Å². The number of pyridine rings is 1. The zero-order chi connectivity index (χ0) is 13.3. The van der Waals surface area contributed by atoms with Crippen molar-refractivity contribution >= 4 is 12.2 Å². The minimum absolute atomic E-state index is 0.706. The SMILES string of the molecule is C=Cc1ccc(C2CC2)nc1C=C.CC.CC. The van der Waals surface area contributed by atoms with E-state index in [4.69, 9.17) is 0 Å². The Morgan fingerprint density at radius 2 is 1.65 bits per heavy atom. The zero-order valence-corrected chi connectivity index (χ0v) is 11.7. The molecule has 1 heterocycles. The van der Waals surface area contributed by atoms with Crippen LogP contribution in [0, 0.1) is 0 Å². The smallest absolute Gasteiger partial charge is 0.0699 e. The van der Waals surface area contributed by atoms with Crippen LogP contribution in [0.15, 0.2) is 25.3 Å². The fourth-order valence-electron chi connectivity index (χ4n) is 1.44. The fourth-order valence-corrected chi connectivity index (χ4v) is 1.44. The third-order valence-corrected chi connectivity index (χ3v) is 2.39. The summed E-state index contributed by atoms with van der Waals surface area (Å²) in [6.07, 6.45) is 6.19. The highest BCUT2D eigenvalue weighted by Gasteiger charge is 2.24. The second-order valence-electron chi connectivity index (χ2n) is 3.39. The van der Waals surface area contributed by atoms with E-state index in [2.05, 4.69) is 30.3 Å². The summed E-state index contributed by atoms with van der Waals surface area (Å²) in [6.45, 7) is 15.5. The molecular formula is C16H25N. The molecular weight excluding hydrogens is 206 g/mol. The Bertz CT molecular complexity index is 349. The summed E-state index contributed by atoms with van der Waals surface area (Å²) in [4.78, 5) is 4.53. The van der Waals surface area contributed by atoms with Crippen LogP contribution in [0.1, 0.15) is 63.4 Å². The van der Waals surface area contributed by atoms with Gasteiger partial charge in [0.2, 0.25) is 0 Å². The largest absolute Gasteiger partial charge is 0.253 e. The fraction of sp³-hybridized carbons (Fsp3) is 0.438. The van der Waals surface area contributed by atoms with Gasteiger partial charge in [0.25, 0.3) is 0 Å². The van der Waals surface area contributed by atoms with E-state index in [1.807, 2.05) is 33.8 Å². The molecule has 1 aliphatic carbocycles. The van der Waals surface area contributed by atoms with Crippen LogP contribution >= 0.6 is 0 Å². The van der Waals surface area contributed by atoms with Crippen LogP contribution < -0.4 is 0 Å². The van der Waals surface area contributed by atoms with Crippen LogP contribution in [-0.4, -0.2) is 4.98 Å². The molecule has 0 aliphatic heterocycles. The number of nitrogens with zero attached hydrogens (tertiary/aromatic N) is 1. The molecule has 2 rings (SSSR count). The van der Waals surface area contributed by atoms with Crippen LogP contribution in [0.3, 0.4) is 0 Å². The van der Waals surface area contributed by atoms with Crippen molar-refractivity contribution < 1.29 is 0 Å². The Morgan fingerprint density at radius 3 is 2.06 bits per heavy atom. The van der Waals surface area contributed by atoms with Crippen LogP contribution in [0.25, 0.3) is 12.2 Å². The molecule has 0 N–H and O–H groups in total. The summed E-state index contributed by atoms with van der Waals surface area (Å²) >= 11 is 0. The predicted molar refractivity (Wildman–Crippen MR) is 79.1 cm³/mol. The molecule has 1 aliphatic rings. The van der Waals surface area contributed by atoms with E-state index < -0.39 is 0 Å². The molecule has 0 atom stereocenters. The molecule has 0 aromatic carbocycles. The van der Waals surface area contributed by atoms with E-state index in [0.717, 1.165) is 11.3 Å². The molecule has 0 amide bonds. The van der Waals surface area contributed by atoms with Crippen LogP contribution in [-0.2, 0) is 0 Å². The average molecular weight is 231 g/mol. The monoisotopic (exact) mass is 231 g/mol. The van der Waals surface area contributed by atoms with Crippen LogP contribution in [0.5, 0.6) is 0 Å². The lowest BCUT2D eigenvalue weighted by molar-refractivity contribution is 1.01. The Labute approximate surface area is 106 Å². The second-order valence-corrected chi connectivity index (χ2v) is 3.39. The first-order valence-corrected chi connectivity index (χ1v) is 6.61. The van der Waals surface area contributed by atoms with Gasteiger partial charge in [-0.05, 0) is 30.5 Å². The maximum atomic E-state index is 4.53. The maximum Gasteiger partial charge on any atom is 0.0699 e. The lowest BCUT2D eigenvalue weighted by Crippen LogP contribution is -1.91. The molecule has 17 heavy (non-hydrogen) atoms. The van der Waals surface area contributed by atoms with Crippen LogP contribution in [0.2, 0.25) is 0 Å². The summed E-state index contributed by atoms with van der Waals surface area (Å²) in [5.41, 5.74) is 3.24. The van der Waals surface area contributed by atoms with Crippen molar-refractivity contribution in [1.29, 1.82) is 0 Å². The highest BCUT2D eigenvalue weighted by molar-refractivity contribution is 5.60. The molecule has 1 nitrogen and oxygen atoms in total. The standard InChI is InChI=1S/C12H13N.2C2H6/c1-3-9-7-8-12(10-5-6-10)13-11(9)4-2;2*1-2/h3-4,7-8,10H,1-2,5-6H2;2*1-2H3. The highest BCUT2D eigenvalue weighted by atomic mass is 14.7. The van der Waals surface area contributed by atoms with Gasteiger partial charge in [-0.15, -0.1) is 0 Å². The summed E-state index contributed by atoms with van der Waals surface area (Å²) in [6, 6.07) is 4.17. The Hall–Kier alpha value is -1.37. The molecule has 0 radical (unpaired) electrons. The van der Waals surface area contributed by atoms with Gasteiger partial charge in [0.05, 0.1) is 5.69 Å². The zero-order valence-electron chi connectivity index (χ0n) is 11.7. The van der Waals surface area contributed by atoms with Crippen molar-refractivity contribution in [2.45, 2.75) is 46.5 Å². The first-order chi connectivity index (χ1) is 8.35. The first-order valence-electron chi connectivity index (χ1n) is 6.61.